The first kappa shape index (κ1) is 18.1. The molecule has 0 spiro atoms. The van der Waals surface area contributed by atoms with Crippen molar-refractivity contribution in [3.8, 4) is 0 Å². The van der Waals surface area contributed by atoms with E-state index in [1.807, 2.05) is 12.1 Å². The number of sulfonamides is 1. The molecule has 138 valence electrons. The lowest BCUT2D eigenvalue weighted by molar-refractivity contribution is 0.177. The molecule has 1 aromatic heterocycles. The van der Waals surface area contributed by atoms with Gasteiger partial charge in [0, 0.05) is 19.3 Å². The molecule has 0 aliphatic carbocycles. The van der Waals surface area contributed by atoms with Crippen LogP contribution in [0.5, 0.6) is 0 Å². The molecule has 25 heavy (non-hydrogen) atoms. The summed E-state index contributed by atoms with van der Waals surface area (Å²) in [6.45, 7) is 5.56. The molecule has 0 aromatic carbocycles. The van der Waals surface area contributed by atoms with E-state index in [0.29, 0.717) is 25.5 Å². The summed E-state index contributed by atoms with van der Waals surface area (Å²) in [5.74, 6) is 1.16. The normalized spacial score (nSPS) is 23.3. The van der Waals surface area contributed by atoms with Gasteiger partial charge in [-0.15, -0.1) is 0 Å². The standard InChI is InChI=1S/C17H25N3O4S/c1-12(2)15-11-24-17(21)20(15)16-10-14(4-7-18-16)13-5-8-19(9-6-13)25(3,22)23/h4,7,10,12-13,15H,5-6,8-9,11H2,1-3H3/t15-/m0/s1. The number of nitrogens with zero attached hydrogens (tertiary/aromatic N) is 3. The SMILES string of the molecule is CC(C)[C@@H]1COC(=O)N1c1cc(C2CCN(S(C)(=O)=O)CC2)ccn1. The van der Waals surface area contributed by atoms with Gasteiger partial charge in [-0.2, -0.15) is 0 Å². The summed E-state index contributed by atoms with van der Waals surface area (Å²) in [6.07, 6.45) is 4.16. The van der Waals surface area contributed by atoms with Gasteiger partial charge < -0.3 is 4.74 Å². The summed E-state index contributed by atoms with van der Waals surface area (Å²) in [7, 11) is -3.13. The van der Waals surface area contributed by atoms with Gasteiger partial charge >= 0.3 is 6.09 Å². The van der Waals surface area contributed by atoms with Gasteiger partial charge in [-0.05, 0) is 42.4 Å². The van der Waals surface area contributed by atoms with Crippen molar-refractivity contribution in [1.29, 1.82) is 0 Å². The molecule has 0 bridgehead atoms. The molecule has 1 amide bonds. The number of hydrogen-bond donors (Lipinski definition) is 0. The molecule has 1 aromatic rings. The molecule has 3 rings (SSSR count). The van der Waals surface area contributed by atoms with E-state index in [2.05, 4.69) is 18.8 Å². The highest BCUT2D eigenvalue weighted by Crippen LogP contribution is 2.32. The molecule has 0 saturated carbocycles. The van der Waals surface area contributed by atoms with Crippen molar-refractivity contribution < 1.29 is 17.9 Å². The maximum Gasteiger partial charge on any atom is 0.415 e. The molecule has 3 heterocycles. The third-order valence-electron chi connectivity index (χ3n) is 5.09. The highest BCUT2D eigenvalue weighted by atomic mass is 32.2. The molecule has 2 aliphatic heterocycles. The first-order valence-corrected chi connectivity index (χ1v) is 10.5. The summed E-state index contributed by atoms with van der Waals surface area (Å²) in [6, 6.07) is 3.89. The van der Waals surface area contributed by atoms with E-state index < -0.39 is 10.0 Å². The molecule has 0 radical (unpaired) electrons. The summed E-state index contributed by atoms with van der Waals surface area (Å²) in [4.78, 5) is 18.1. The first-order valence-electron chi connectivity index (χ1n) is 8.64. The Balaban J connectivity index is 1.77. The third-order valence-corrected chi connectivity index (χ3v) is 6.39. The maximum atomic E-state index is 12.1. The topological polar surface area (TPSA) is 79.8 Å². The van der Waals surface area contributed by atoms with Crippen LogP contribution in [0.1, 0.15) is 38.2 Å². The van der Waals surface area contributed by atoms with E-state index in [4.69, 9.17) is 4.74 Å². The summed E-state index contributed by atoms with van der Waals surface area (Å²) in [5, 5.41) is 0. The molecule has 0 unspecified atom stereocenters. The molecule has 2 aliphatic rings. The Kier molecular flexibility index (Phi) is 5.02. The van der Waals surface area contributed by atoms with Crippen molar-refractivity contribution >= 4 is 21.9 Å². The van der Waals surface area contributed by atoms with Crippen molar-refractivity contribution in [2.24, 2.45) is 5.92 Å². The number of carbonyl (C=O) groups is 1. The highest BCUT2D eigenvalue weighted by Gasteiger charge is 2.37. The number of anilines is 1. The lowest BCUT2D eigenvalue weighted by Gasteiger charge is -2.31. The molecule has 7 nitrogen and oxygen atoms in total. The van der Waals surface area contributed by atoms with Crippen LogP contribution in [-0.2, 0) is 14.8 Å². The van der Waals surface area contributed by atoms with Gasteiger partial charge in [0.25, 0.3) is 0 Å². The Morgan fingerprint density at radius 3 is 2.56 bits per heavy atom. The van der Waals surface area contributed by atoms with E-state index >= 15 is 0 Å². The smallest absolute Gasteiger partial charge is 0.415 e. The van der Waals surface area contributed by atoms with Gasteiger partial charge in [0.1, 0.15) is 12.4 Å². The van der Waals surface area contributed by atoms with E-state index in [1.54, 1.807) is 11.1 Å². The van der Waals surface area contributed by atoms with Crippen LogP contribution in [0.4, 0.5) is 10.6 Å². The number of hydrogen-bond acceptors (Lipinski definition) is 5. The second-order valence-electron chi connectivity index (χ2n) is 7.14. The van der Waals surface area contributed by atoms with Crippen LogP contribution in [0.2, 0.25) is 0 Å². The minimum Gasteiger partial charge on any atom is -0.447 e. The van der Waals surface area contributed by atoms with Crippen molar-refractivity contribution in [1.82, 2.24) is 9.29 Å². The fourth-order valence-electron chi connectivity index (χ4n) is 3.53. The molecule has 8 heteroatoms. The van der Waals surface area contributed by atoms with E-state index in [1.165, 1.54) is 10.6 Å². The lowest BCUT2D eigenvalue weighted by atomic mass is 9.90. The predicted octanol–water partition coefficient (Wildman–Crippen LogP) is 2.20. The summed E-state index contributed by atoms with van der Waals surface area (Å²) in [5.41, 5.74) is 1.10. The van der Waals surface area contributed by atoms with Crippen molar-refractivity contribution in [2.45, 2.75) is 38.6 Å². The molecule has 2 fully saturated rings. The molecule has 0 N–H and O–H groups in total. The average molecular weight is 367 g/mol. The van der Waals surface area contributed by atoms with Gasteiger partial charge in [-0.3, -0.25) is 4.90 Å². The summed E-state index contributed by atoms with van der Waals surface area (Å²) >= 11 is 0. The Hall–Kier alpha value is -1.67. The van der Waals surface area contributed by atoms with Crippen LogP contribution in [-0.4, -0.2) is 55.8 Å². The number of piperidine rings is 1. The predicted molar refractivity (Wildman–Crippen MR) is 95.1 cm³/mol. The number of aromatic nitrogens is 1. The number of carbonyl (C=O) groups excluding carboxylic acids is 1. The quantitative estimate of drug-likeness (QED) is 0.815. The van der Waals surface area contributed by atoms with Crippen molar-refractivity contribution in [3.63, 3.8) is 0 Å². The third kappa shape index (κ3) is 3.79. The zero-order valence-electron chi connectivity index (χ0n) is 14.9. The average Bonchev–Trinajstić information content (AvgIpc) is 2.96. The monoisotopic (exact) mass is 367 g/mol. The van der Waals surface area contributed by atoms with E-state index in [-0.39, 0.29) is 24.0 Å². The molecule has 2 saturated heterocycles. The molecule has 1 atom stereocenters. The van der Waals surface area contributed by atoms with Crippen LogP contribution in [0.25, 0.3) is 0 Å². The van der Waals surface area contributed by atoms with Crippen LogP contribution in [0, 0.1) is 5.92 Å². The van der Waals surface area contributed by atoms with E-state index in [9.17, 15) is 13.2 Å². The van der Waals surface area contributed by atoms with Crippen molar-refractivity contribution in [2.75, 3.05) is 30.9 Å². The van der Waals surface area contributed by atoms with Gasteiger partial charge in [0.2, 0.25) is 10.0 Å². The minimum atomic E-state index is -3.13. The molecular weight excluding hydrogens is 342 g/mol. The van der Waals surface area contributed by atoms with Gasteiger partial charge in [-0.1, -0.05) is 13.8 Å². The van der Waals surface area contributed by atoms with Crippen LogP contribution >= 0.6 is 0 Å². The zero-order valence-corrected chi connectivity index (χ0v) is 15.7. The van der Waals surface area contributed by atoms with Gasteiger partial charge in [0.15, 0.2) is 0 Å². The number of pyridine rings is 1. The Labute approximate surface area is 149 Å². The largest absolute Gasteiger partial charge is 0.447 e. The first-order chi connectivity index (χ1) is 11.8. The second-order valence-corrected chi connectivity index (χ2v) is 9.12. The Morgan fingerprint density at radius 2 is 1.96 bits per heavy atom. The zero-order chi connectivity index (χ0) is 18.2. The number of amides is 1. The van der Waals surface area contributed by atoms with Crippen LogP contribution < -0.4 is 4.90 Å². The maximum absolute atomic E-state index is 12.1. The number of rotatable bonds is 4. The van der Waals surface area contributed by atoms with E-state index in [0.717, 1.165) is 18.4 Å². The van der Waals surface area contributed by atoms with Crippen LogP contribution in [0.15, 0.2) is 18.3 Å². The fourth-order valence-corrected chi connectivity index (χ4v) is 4.40. The summed E-state index contributed by atoms with van der Waals surface area (Å²) < 4.78 is 30.0. The van der Waals surface area contributed by atoms with Gasteiger partial charge in [0.05, 0.1) is 12.3 Å². The minimum absolute atomic E-state index is 0.0117. The van der Waals surface area contributed by atoms with Gasteiger partial charge in [-0.25, -0.2) is 22.5 Å². The fraction of sp³-hybridized carbons (Fsp3) is 0.647. The van der Waals surface area contributed by atoms with Crippen LogP contribution in [0.3, 0.4) is 0 Å². The second kappa shape index (κ2) is 6.92. The lowest BCUT2D eigenvalue weighted by Crippen LogP contribution is -2.38. The Morgan fingerprint density at radius 1 is 1.28 bits per heavy atom. The number of cyclic esters (lactones) is 1. The molecular formula is C17H25N3O4S. The van der Waals surface area contributed by atoms with Crippen molar-refractivity contribution in [3.05, 3.63) is 23.9 Å². The highest BCUT2D eigenvalue weighted by molar-refractivity contribution is 7.88. The number of ether oxygens (including phenoxy) is 1. The Bertz CT molecular complexity index is 742.